The maximum absolute atomic E-state index is 12.7. The number of ether oxygens (including phenoxy) is 3. The predicted molar refractivity (Wildman–Crippen MR) is 97.3 cm³/mol. The highest BCUT2D eigenvalue weighted by atomic mass is 19.4. The molecule has 2 aliphatic heterocycles. The van der Waals surface area contributed by atoms with E-state index in [4.69, 9.17) is 9.47 Å². The van der Waals surface area contributed by atoms with E-state index in [0.717, 1.165) is 6.07 Å². The fraction of sp³-hybridized carbons (Fsp3) is 0.211. The summed E-state index contributed by atoms with van der Waals surface area (Å²) in [6.07, 6.45) is -4.98. The third kappa shape index (κ3) is 4.32. The van der Waals surface area contributed by atoms with Crippen molar-refractivity contribution in [3.05, 3.63) is 48.0 Å². The predicted octanol–water partition coefficient (Wildman–Crippen LogP) is 2.55. The van der Waals surface area contributed by atoms with Crippen molar-refractivity contribution in [1.82, 2.24) is 10.2 Å². The van der Waals surface area contributed by atoms with Crippen molar-refractivity contribution >= 4 is 23.5 Å². The quantitative estimate of drug-likeness (QED) is 0.697. The number of rotatable bonds is 5. The van der Waals surface area contributed by atoms with E-state index in [1.807, 2.05) is 0 Å². The van der Waals surface area contributed by atoms with Crippen LogP contribution < -0.4 is 24.8 Å². The lowest BCUT2D eigenvalue weighted by Crippen LogP contribution is -2.38. The fourth-order valence-corrected chi connectivity index (χ4v) is 3.13. The molecule has 162 valence electrons. The summed E-state index contributed by atoms with van der Waals surface area (Å²) in [5, 5.41) is 4.79. The molecule has 0 unspecified atom stereocenters. The second-order valence-corrected chi connectivity index (χ2v) is 6.51. The van der Waals surface area contributed by atoms with E-state index in [0.29, 0.717) is 22.1 Å². The van der Waals surface area contributed by atoms with E-state index in [-0.39, 0.29) is 12.4 Å². The van der Waals surface area contributed by atoms with Gasteiger partial charge in [-0.25, -0.2) is 4.79 Å². The van der Waals surface area contributed by atoms with Gasteiger partial charge in [0.05, 0.1) is 0 Å². The molecule has 0 aliphatic carbocycles. The second-order valence-electron chi connectivity index (χ2n) is 6.51. The van der Waals surface area contributed by atoms with Gasteiger partial charge in [-0.3, -0.25) is 14.5 Å². The Morgan fingerprint density at radius 3 is 2.68 bits per heavy atom. The van der Waals surface area contributed by atoms with Gasteiger partial charge in [0.25, 0.3) is 5.91 Å². The number of imide groups is 1. The number of amides is 4. The van der Waals surface area contributed by atoms with Gasteiger partial charge in [0.15, 0.2) is 11.5 Å². The number of hydrogen-bond acceptors (Lipinski definition) is 6. The number of benzene rings is 2. The lowest BCUT2D eigenvalue weighted by atomic mass is 10.1. The average molecular weight is 437 g/mol. The first-order valence-electron chi connectivity index (χ1n) is 8.87. The highest BCUT2D eigenvalue weighted by Crippen LogP contribution is 2.35. The molecule has 0 bridgehead atoms. The zero-order valence-corrected chi connectivity index (χ0v) is 15.6. The van der Waals surface area contributed by atoms with Crippen LogP contribution in [0.3, 0.4) is 0 Å². The van der Waals surface area contributed by atoms with Gasteiger partial charge in [-0.1, -0.05) is 18.2 Å². The molecule has 12 heteroatoms. The van der Waals surface area contributed by atoms with Gasteiger partial charge >= 0.3 is 12.4 Å². The van der Waals surface area contributed by atoms with Crippen LogP contribution in [-0.2, 0) is 9.59 Å². The summed E-state index contributed by atoms with van der Waals surface area (Å²) in [6, 6.07) is 7.23. The Morgan fingerprint density at radius 1 is 1.16 bits per heavy atom. The van der Waals surface area contributed by atoms with Crippen molar-refractivity contribution < 1.29 is 41.8 Å². The van der Waals surface area contributed by atoms with Gasteiger partial charge in [-0.05, 0) is 18.2 Å². The molecule has 31 heavy (non-hydrogen) atoms. The summed E-state index contributed by atoms with van der Waals surface area (Å²) in [5.41, 5.74) is 0.165. The van der Waals surface area contributed by atoms with Gasteiger partial charge in [-0.15, -0.1) is 13.2 Å². The Bertz CT molecular complexity index is 1060. The summed E-state index contributed by atoms with van der Waals surface area (Å²) < 4.78 is 52.2. The number of carbonyl (C=O) groups is 3. The van der Waals surface area contributed by atoms with Gasteiger partial charge in [0, 0.05) is 17.3 Å². The van der Waals surface area contributed by atoms with Crippen LogP contribution >= 0.6 is 0 Å². The van der Waals surface area contributed by atoms with E-state index in [1.54, 1.807) is 12.1 Å². The number of hydrogen-bond donors (Lipinski definition) is 2. The largest absolute Gasteiger partial charge is 0.573 e. The van der Waals surface area contributed by atoms with Crippen LogP contribution in [0.15, 0.2) is 42.5 Å². The van der Waals surface area contributed by atoms with Gasteiger partial charge < -0.3 is 24.8 Å². The number of nitrogens with zero attached hydrogens (tertiary/aromatic N) is 1. The lowest BCUT2D eigenvalue weighted by Gasteiger charge is -2.16. The molecule has 0 aromatic heterocycles. The molecule has 4 rings (SSSR count). The molecule has 0 radical (unpaired) electrons. The molecule has 4 amide bonds. The number of anilines is 1. The summed E-state index contributed by atoms with van der Waals surface area (Å²) in [4.78, 5) is 37.8. The Balaban J connectivity index is 1.46. The van der Waals surface area contributed by atoms with Crippen LogP contribution in [0.5, 0.6) is 17.2 Å². The minimum absolute atomic E-state index is 0.0517. The van der Waals surface area contributed by atoms with Gasteiger partial charge in [0.2, 0.25) is 12.7 Å². The smallest absolute Gasteiger partial charge is 0.454 e. The maximum atomic E-state index is 12.7. The summed E-state index contributed by atoms with van der Waals surface area (Å²) >= 11 is 0. The lowest BCUT2D eigenvalue weighted by molar-refractivity contribution is -0.275. The van der Waals surface area contributed by atoms with Crippen molar-refractivity contribution in [2.24, 2.45) is 0 Å². The third-order valence-electron chi connectivity index (χ3n) is 4.44. The molecule has 0 saturated carbocycles. The summed E-state index contributed by atoms with van der Waals surface area (Å²) in [6.45, 7) is -0.589. The standard InChI is InChI=1S/C19H14F3N3O6/c20-19(21,22)31-12-4-2-1-3-11(12)16-17(27)25(18(28)24-16)8-15(26)23-10-5-6-13-14(7-10)30-9-29-13/h1-7,16H,8-9H2,(H,23,26)(H,24,28)/t16-/m0/s1. The van der Waals surface area contributed by atoms with Crippen LogP contribution in [0.25, 0.3) is 0 Å². The van der Waals surface area contributed by atoms with Crippen LogP contribution in [0.1, 0.15) is 11.6 Å². The van der Waals surface area contributed by atoms with Gasteiger partial charge in [-0.2, -0.15) is 0 Å². The molecular formula is C19H14F3N3O6. The fourth-order valence-electron chi connectivity index (χ4n) is 3.13. The number of nitrogens with one attached hydrogen (secondary N) is 2. The molecule has 0 spiro atoms. The molecule has 2 heterocycles. The van der Waals surface area contributed by atoms with Crippen molar-refractivity contribution in [3.63, 3.8) is 0 Å². The number of halogens is 3. The molecular weight excluding hydrogens is 423 g/mol. The Morgan fingerprint density at radius 2 is 1.90 bits per heavy atom. The number of fused-ring (bicyclic) bond motifs is 1. The third-order valence-corrected chi connectivity index (χ3v) is 4.44. The van der Waals surface area contributed by atoms with Gasteiger partial charge in [0.1, 0.15) is 18.3 Å². The first-order valence-corrected chi connectivity index (χ1v) is 8.87. The number of alkyl halides is 3. The van der Waals surface area contributed by atoms with Crippen LogP contribution in [0, 0.1) is 0 Å². The Kier molecular flexibility index (Phi) is 5.05. The number of para-hydroxylation sites is 1. The highest BCUT2D eigenvalue weighted by molar-refractivity contribution is 6.08. The van der Waals surface area contributed by atoms with Crippen LogP contribution in [0.2, 0.25) is 0 Å². The normalized spacial score (nSPS) is 17.5. The minimum Gasteiger partial charge on any atom is -0.454 e. The molecule has 2 N–H and O–H groups in total. The average Bonchev–Trinajstić information content (AvgIpc) is 3.26. The molecule has 2 aliphatic rings. The van der Waals surface area contributed by atoms with Crippen LogP contribution in [0.4, 0.5) is 23.7 Å². The van der Waals surface area contributed by atoms with Crippen molar-refractivity contribution in [2.75, 3.05) is 18.7 Å². The topological polar surface area (TPSA) is 106 Å². The Labute approximate surface area is 172 Å². The molecule has 9 nitrogen and oxygen atoms in total. The maximum Gasteiger partial charge on any atom is 0.573 e. The SMILES string of the molecule is O=C(CN1C(=O)N[C@@H](c2ccccc2OC(F)(F)F)C1=O)Nc1ccc2c(c1)OCO2. The van der Waals surface area contributed by atoms with Crippen molar-refractivity contribution in [3.8, 4) is 17.2 Å². The van der Waals surface area contributed by atoms with E-state index >= 15 is 0 Å². The Hall–Kier alpha value is -3.96. The molecule has 2 aromatic rings. The van der Waals surface area contributed by atoms with Crippen LogP contribution in [-0.4, -0.2) is 42.4 Å². The van der Waals surface area contributed by atoms with Crippen molar-refractivity contribution in [1.29, 1.82) is 0 Å². The monoisotopic (exact) mass is 437 g/mol. The minimum atomic E-state index is -4.98. The molecule has 1 fully saturated rings. The first-order chi connectivity index (χ1) is 14.7. The van der Waals surface area contributed by atoms with Crippen molar-refractivity contribution in [2.45, 2.75) is 12.4 Å². The zero-order valence-electron chi connectivity index (χ0n) is 15.6. The number of carbonyl (C=O) groups excluding carboxylic acids is 3. The zero-order chi connectivity index (χ0) is 22.2. The molecule has 1 saturated heterocycles. The number of urea groups is 1. The summed E-state index contributed by atoms with van der Waals surface area (Å²) in [5.74, 6) is -1.27. The second kappa shape index (κ2) is 7.70. The molecule has 1 atom stereocenters. The van der Waals surface area contributed by atoms with E-state index in [1.165, 1.54) is 24.3 Å². The highest BCUT2D eigenvalue weighted by Gasteiger charge is 2.42. The van der Waals surface area contributed by atoms with E-state index in [9.17, 15) is 27.6 Å². The van der Waals surface area contributed by atoms with E-state index in [2.05, 4.69) is 15.4 Å². The molecule has 2 aromatic carbocycles. The van der Waals surface area contributed by atoms with E-state index < -0.39 is 42.5 Å². The summed E-state index contributed by atoms with van der Waals surface area (Å²) in [7, 11) is 0. The first kappa shape index (κ1) is 20.3.